The van der Waals surface area contributed by atoms with E-state index in [0.29, 0.717) is 24.8 Å². The summed E-state index contributed by atoms with van der Waals surface area (Å²) >= 11 is 0. The summed E-state index contributed by atoms with van der Waals surface area (Å²) < 4.78 is 53.3. The van der Waals surface area contributed by atoms with Crippen molar-refractivity contribution in [1.82, 2.24) is 4.98 Å². The van der Waals surface area contributed by atoms with E-state index in [-0.39, 0.29) is 17.1 Å². The van der Waals surface area contributed by atoms with Gasteiger partial charge < -0.3 is 10.0 Å². The molecule has 0 spiro atoms. The lowest BCUT2D eigenvalue weighted by atomic mass is 9.90. The number of anilines is 2. The first-order valence-corrected chi connectivity index (χ1v) is 9.51. The quantitative estimate of drug-likeness (QED) is 0.804. The van der Waals surface area contributed by atoms with Crippen LogP contribution in [0.4, 0.5) is 20.3 Å². The van der Waals surface area contributed by atoms with E-state index in [1.54, 1.807) is 11.8 Å². The van der Waals surface area contributed by atoms with Gasteiger partial charge in [0.2, 0.25) is 0 Å². The Labute approximate surface area is 154 Å². The van der Waals surface area contributed by atoms with Crippen LogP contribution in [0.15, 0.2) is 41.4 Å². The number of carbonyl (C=O) groups is 1. The molecule has 1 aromatic carbocycles. The fraction of sp³-hybridized carbons (Fsp3) is 0.294. The monoisotopic (exact) mass is 397 g/mol. The number of carboxylic acids is 1. The van der Waals surface area contributed by atoms with Gasteiger partial charge in [-0.15, -0.1) is 0 Å². The molecular formula is C17H17F2N3O4S. The zero-order valence-electron chi connectivity index (χ0n) is 14.3. The number of aliphatic carboxylic acids is 1. The van der Waals surface area contributed by atoms with E-state index in [9.17, 15) is 27.1 Å². The third kappa shape index (κ3) is 4.00. The fourth-order valence-electron chi connectivity index (χ4n) is 2.88. The third-order valence-corrected chi connectivity index (χ3v) is 5.83. The number of pyridine rings is 1. The van der Waals surface area contributed by atoms with Crippen LogP contribution in [0.25, 0.3) is 0 Å². The first-order valence-electron chi connectivity index (χ1n) is 8.02. The van der Waals surface area contributed by atoms with Crippen molar-refractivity contribution in [2.75, 3.05) is 22.7 Å². The van der Waals surface area contributed by atoms with E-state index in [2.05, 4.69) is 9.71 Å². The molecule has 27 heavy (non-hydrogen) atoms. The largest absolute Gasteiger partial charge is 0.481 e. The molecule has 2 heterocycles. The summed E-state index contributed by atoms with van der Waals surface area (Å²) in [6, 6.07) is 5.12. The maximum Gasteiger partial charge on any atom is 0.311 e. The van der Waals surface area contributed by atoms with Gasteiger partial charge in [-0.2, -0.15) is 0 Å². The summed E-state index contributed by atoms with van der Waals surface area (Å²) in [6.07, 6.45) is 1.57. The van der Waals surface area contributed by atoms with Crippen LogP contribution in [0.1, 0.15) is 13.3 Å². The summed E-state index contributed by atoms with van der Waals surface area (Å²) in [5, 5.41) is 9.28. The van der Waals surface area contributed by atoms with Crippen molar-refractivity contribution in [3.8, 4) is 0 Å². The molecule has 1 saturated heterocycles. The van der Waals surface area contributed by atoms with E-state index in [1.165, 1.54) is 12.1 Å². The van der Waals surface area contributed by atoms with Crippen molar-refractivity contribution in [1.29, 1.82) is 0 Å². The minimum Gasteiger partial charge on any atom is -0.481 e. The van der Waals surface area contributed by atoms with Crippen LogP contribution in [0.3, 0.4) is 0 Å². The van der Waals surface area contributed by atoms with Gasteiger partial charge in [0.05, 0.1) is 11.1 Å². The number of nitrogens with zero attached hydrogens (tertiary/aromatic N) is 2. The molecule has 0 aliphatic carbocycles. The van der Waals surface area contributed by atoms with Crippen LogP contribution >= 0.6 is 0 Å². The van der Waals surface area contributed by atoms with E-state index in [0.717, 1.165) is 18.3 Å². The number of benzene rings is 1. The molecule has 0 saturated carbocycles. The van der Waals surface area contributed by atoms with Crippen molar-refractivity contribution in [3.63, 3.8) is 0 Å². The average Bonchev–Trinajstić information content (AvgIpc) is 2.97. The topological polar surface area (TPSA) is 99.6 Å². The predicted octanol–water partition coefficient (Wildman–Crippen LogP) is 2.46. The number of halogens is 2. The van der Waals surface area contributed by atoms with Crippen LogP contribution in [-0.4, -0.2) is 37.6 Å². The SMILES string of the molecule is CC1(C(=O)O)CCN(c2ccc(S(=O)(=O)Nc3cc(F)cc(F)c3)cn2)C1. The highest BCUT2D eigenvalue weighted by molar-refractivity contribution is 7.92. The smallest absolute Gasteiger partial charge is 0.311 e. The van der Waals surface area contributed by atoms with Gasteiger partial charge in [0.25, 0.3) is 10.0 Å². The highest BCUT2D eigenvalue weighted by atomic mass is 32.2. The summed E-state index contributed by atoms with van der Waals surface area (Å²) in [7, 11) is -4.08. The molecule has 1 fully saturated rings. The van der Waals surface area contributed by atoms with Gasteiger partial charge in [-0.3, -0.25) is 9.52 Å². The molecule has 0 amide bonds. The number of carboxylic acid groups (broad SMARTS) is 1. The third-order valence-electron chi connectivity index (χ3n) is 4.46. The zero-order valence-corrected chi connectivity index (χ0v) is 15.1. The maximum atomic E-state index is 13.2. The Hall–Kier alpha value is -2.75. The van der Waals surface area contributed by atoms with E-state index in [1.807, 2.05) is 0 Å². The normalized spacial score (nSPS) is 19.9. The Bertz CT molecular complexity index is 962. The highest BCUT2D eigenvalue weighted by Gasteiger charge is 2.40. The van der Waals surface area contributed by atoms with E-state index < -0.39 is 33.0 Å². The van der Waals surface area contributed by atoms with E-state index >= 15 is 0 Å². The molecule has 2 N–H and O–H groups in total. The van der Waals surface area contributed by atoms with Crippen molar-refractivity contribution >= 4 is 27.5 Å². The molecule has 2 aromatic rings. The number of sulfonamides is 1. The van der Waals surface area contributed by atoms with Crippen LogP contribution in [0.5, 0.6) is 0 Å². The molecule has 10 heteroatoms. The molecule has 1 unspecified atom stereocenters. The van der Waals surface area contributed by atoms with Gasteiger partial charge in [-0.1, -0.05) is 0 Å². The second kappa shape index (κ2) is 6.76. The zero-order chi connectivity index (χ0) is 19.8. The van der Waals surface area contributed by atoms with Crippen molar-refractivity contribution < 1.29 is 27.1 Å². The highest BCUT2D eigenvalue weighted by Crippen LogP contribution is 2.32. The lowest BCUT2D eigenvalue weighted by molar-refractivity contribution is -0.146. The summed E-state index contributed by atoms with van der Waals surface area (Å²) in [5.74, 6) is -2.25. The number of rotatable bonds is 5. The van der Waals surface area contributed by atoms with Gasteiger partial charge in [0, 0.05) is 25.4 Å². The minimum atomic E-state index is -4.08. The van der Waals surface area contributed by atoms with Crippen molar-refractivity contribution in [2.45, 2.75) is 18.2 Å². The molecule has 144 valence electrons. The Balaban J connectivity index is 1.77. The first kappa shape index (κ1) is 19.0. The Kier molecular flexibility index (Phi) is 4.77. The minimum absolute atomic E-state index is 0.184. The Morgan fingerprint density at radius 2 is 1.93 bits per heavy atom. The first-order chi connectivity index (χ1) is 12.6. The molecule has 0 bridgehead atoms. The summed E-state index contributed by atoms with van der Waals surface area (Å²) in [5.41, 5.74) is -1.12. The summed E-state index contributed by atoms with van der Waals surface area (Å²) in [4.78, 5) is 17.0. The molecule has 1 aliphatic heterocycles. The lowest BCUT2D eigenvalue weighted by Gasteiger charge is -2.21. The van der Waals surface area contributed by atoms with Crippen LogP contribution in [-0.2, 0) is 14.8 Å². The van der Waals surface area contributed by atoms with Gasteiger partial charge in [-0.05, 0) is 37.6 Å². The Morgan fingerprint density at radius 3 is 2.44 bits per heavy atom. The number of nitrogens with one attached hydrogen (secondary N) is 1. The second-order valence-corrected chi connectivity index (χ2v) is 8.34. The molecule has 0 radical (unpaired) electrons. The van der Waals surface area contributed by atoms with Gasteiger partial charge in [0.15, 0.2) is 0 Å². The Morgan fingerprint density at radius 1 is 1.26 bits per heavy atom. The second-order valence-electron chi connectivity index (χ2n) is 6.65. The molecule has 1 aliphatic rings. The van der Waals surface area contributed by atoms with Crippen LogP contribution in [0.2, 0.25) is 0 Å². The average molecular weight is 397 g/mol. The maximum absolute atomic E-state index is 13.2. The molecular weight excluding hydrogens is 380 g/mol. The number of hydrogen-bond donors (Lipinski definition) is 2. The number of aromatic nitrogens is 1. The molecule has 1 atom stereocenters. The molecule has 7 nitrogen and oxygen atoms in total. The summed E-state index contributed by atoms with van der Waals surface area (Å²) in [6.45, 7) is 2.40. The predicted molar refractivity (Wildman–Crippen MR) is 94.0 cm³/mol. The van der Waals surface area contributed by atoms with E-state index in [4.69, 9.17) is 0 Å². The van der Waals surface area contributed by atoms with Gasteiger partial charge in [-0.25, -0.2) is 22.2 Å². The van der Waals surface area contributed by atoms with Gasteiger partial charge in [0.1, 0.15) is 22.3 Å². The standard InChI is InChI=1S/C17H17F2N3O4S/c1-17(16(23)24)4-5-22(10-17)15-3-2-14(9-20-15)27(25,26)21-13-7-11(18)6-12(19)8-13/h2-3,6-9,21H,4-5,10H2,1H3,(H,23,24). The molecule has 1 aromatic heterocycles. The van der Waals surface area contributed by atoms with Crippen molar-refractivity contribution in [3.05, 3.63) is 48.2 Å². The van der Waals surface area contributed by atoms with Crippen molar-refractivity contribution in [2.24, 2.45) is 5.41 Å². The van der Waals surface area contributed by atoms with Crippen LogP contribution < -0.4 is 9.62 Å². The fourth-order valence-corrected chi connectivity index (χ4v) is 3.86. The molecule has 3 rings (SSSR count). The number of hydrogen-bond acceptors (Lipinski definition) is 5. The van der Waals surface area contributed by atoms with Gasteiger partial charge >= 0.3 is 5.97 Å². The lowest BCUT2D eigenvalue weighted by Crippen LogP contribution is -2.32. The van der Waals surface area contributed by atoms with Crippen LogP contribution in [0, 0.1) is 17.0 Å².